The van der Waals surface area contributed by atoms with Crippen LogP contribution >= 0.6 is 0 Å². The van der Waals surface area contributed by atoms with Crippen LogP contribution in [0.15, 0.2) is 46.3 Å². The molecule has 0 spiro atoms. The van der Waals surface area contributed by atoms with Crippen LogP contribution in [0.25, 0.3) is 11.0 Å². The zero-order valence-electron chi connectivity index (χ0n) is 20.8. The van der Waals surface area contributed by atoms with Crippen LogP contribution in [-0.4, -0.2) is 42.6 Å². The number of amides is 1. The molecule has 8 nitrogen and oxygen atoms in total. The van der Waals surface area contributed by atoms with E-state index >= 15 is 0 Å². The molecule has 1 amide bonds. The number of hydrogen-bond donors (Lipinski definition) is 1. The van der Waals surface area contributed by atoms with Crippen LogP contribution in [-0.2, 0) is 31.3 Å². The molecule has 1 unspecified atom stereocenters. The Hall–Kier alpha value is -2.78. The molecule has 3 aromatic rings. The molecule has 1 N–H and O–H groups in total. The monoisotopic (exact) mass is 486 g/mol. The van der Waals surface area contributed by atoms with Crippen LogP contribution in [0.4, 0.5) is 5.82 Å². The van der Waals surface area contributed by atoms with E-state index in [2.05, 4.69) is 42.6 Å². The number of ether oxygens (including phenoxy) is 1. The molecule has 0 saturated carbocycles. The summed E-state index contributed by atoms with van der Waals surface area (Å²) >= 11 is 0. The summed E-state index contributed by atoms with van der Waals surface area (Å²) in [6.45, 7) is 11.3. The normalized spacial score (nSPS) is 13.2. The second kappa shape index (κ2) is 10.2. The maximum Gasteiger partial charge on any atom is 0.222 e. The number of carbonyl (C=O) groups excluding carboxylic acids is 1. The molecule has 3 rings (SSSR count). The number of aromatic nitrogens is 3. The number of methoxy groups -OCH3 is 1. The molecule has 2 heterocycles. The molecule has 9 heteroatoms. The molecule has 0 bridgehead atoms. The van der Waals surface area contributed by atoms with Crippen molar-refractivity contribution in [3.05, 3.63) is 42.4 Å². The van der Waals surface area contributed by atoms with Crippen LogP contribution in [0.3, 0.4) is 0 Å². The Labute approximate surface area is 201 Å². The van der Waals surface area contributed by atoms with Crippen molar-refractivity contribution in [1.82, 2.24) is 14.5 Å². The molecule has 0 aliphatic carbocycles. The molecule has 0 aliphatic heterocycles. The number of anilines is 1. The van der Waals surface area contributed by atoms with Gasteiger partial charge in [0.05, 0.1) is 20.8 Å². The summed E-state index contributed by atoms with van der Waals surface area (Å²) in [6.07, 6.45) is 3.33. The van der Waals surface area contributed by atoms with Gasteiger partial charge in [0.25, 0.3) is 0 Å². The second-order valence-corrected chi connectivity index (χ2v) is 11.5. The number of carbonyl (C=O) groups is 1. The lowest BCUT2D eigenvalue weighted by Crippen LogP contribution is -2.22. The summed E-state index contributed by atoms with van der Waals surface area (Å²) in [5.74, 6) is 1.21. The third kappa shape index (κ3) is 5.64. The first-order chi connectivity index (χ1) is 16.0. The lowest BCUT2D eigenvalue weighted by Gasteiger charge is -2.23. The zero-order chi connectivity index (χ0) is 25.1. The fourth-order valence-corrected chi connectivity index (χ4v) is 5.26. The van der Waals surface area contributed by atoms with Crippen LogP contribution in [0.5, 0.6) is 0 Å². The van der Waals surface area contributed by atoms with Crippen molar-refractivity contribution in [1.29, 1.82) is 0 Å². The van der Waals surface area contributed by atoms with E-state index in [0.717, 1.165) is 30.7 Å². The summed E-state index contributed by atoms with van der Waals surface area (Å²) < 4.78 is 34.2. The van der Waals surface area contributed by atoms with Crippen molar-refractivity contribution in [3.8, 4) is 0 Å². The standard InChI is InChI=1S/C25H34N4O4S/c1-7-18(11-13-33-6)16-29-22-9-8-19(14-21(22)28-24(29)25(3,4)5)34(31,32)20-10-12-26-23(15-20)27-17(2)30/h8-10,12,14-15,18H,7,11,13,16H2,1-6H3,(H,26,27,30). The average Bonchev–Trinajstić information content (AvgIpc) is 3.14. The van der Waals surface area contributed by atoms with E-state index in [1.165, 1.54) is 25.3 Å². The van der Waals surface area contributed by atoms with Crippen LogP contribution < -0.4 is 5.32 Å². The zero-order valence-corrected chi connectivity index (χ0v) is 21.6. The average molecular weight is 487 g/mol. The van der Waals surface area contributed by atoms with E-state index in [4.69, 9.17) is 9.72 Å². The smallest absolute Gasteiger partial charge is 0.222 e. The van der Waals surface area contributed by atoms with Gasteiger partial charge in [-0.2, -0.15) is 0 Å². The fraction of sp³-hybridized carbons (Fsp3) is 0.480. The first-order valence-electron chi connectivity index (χ1n) is 11.5. The van der Waals surface area contributed by atoms with Gasteiger partial charge in [0.1, 0.15) is 11.6 Å². The molecule has 34 heavy (non-hydrogen) atoms. The minimum absolute atomic E-state index is 0.0618. The Morgan fingerprint density at radius 2 is 1.88 bits per heavy atom. The Morgan fingerprint density at radius 3 is 2.50 bits per heavy atom. The van der Waals surface area contributed by atoms with Crippen molar-refractivity contribution in [2.75, 3.05) is 19.0 Å². The fourth-order valence-electron chi connectivity index (χ4n) is 3.96. The molecule has 184 valence electrons. The van der Waals surface area contributed by atoms with Gasteiger partial charge in [-0.15, -0.1) is 0 Å². The van der Waals surface area contributed by atoms with Gasteiger partial charge in [-0.05, 0) is 42.7 Å². The number of benzene rings is 1. The van der Waals surface area contributed by atoms with Crippen LogP contribution in [0, 0.1) is 5.92 Å². The summed E-state index contributed by atoms with van der Waals surface area (Å²) in [5, 5.41) is 2.52. The molecular formula is C25H34N4O4S. The number of nitrogens with zero attached hydrogens (tertiary/aromatic N) is 3. The number of imidazole rings is 1. The van der Waals surface area contributed by atoms with E-state index < -0.39 is 9.84 Å². The van der Waals surface area contributed by atoms with Gasteiger partial charge in [-0.25, -0.2) is 18.4 Å². The molecule has 0 radical (unpaired) electrons. The van der Waals surface area contributed by atoms with E-state index in [-0.39, 0.29) is 26.9 Å². The van der Waals surface area contributed by atoms with Crippen molar-refractivity contribution in [2.45, 2.75) is 69.2 Å². The van der Waals surface area contributed by atoms with Gasteiger partial charge in [-0.1, -0.05) is 34.1 Å². The van der Waals surface area contributed by atoms with Gasteiger partial charge < -0.3 is 14.6 Å². The lowest BCUT2D eigenvalue weighted by molar-refractivity contribution is -0.114. The maximum atomic E-state index is 13.4. The molecule has 1 aromatic carbocycles. The largest absolute Gasteiger partial charge is 0.385 e. The molecule has 0 saturated heterocycles. The number of fused-ring (bicyclic) bond motifs is 1. The van der Waals surface area contributed by atoms with Crippen LogP contribution in [0.1, 0.15) is 53.3 Å². The first-order valence-corrected chi connectivity index (χ1v) is 12.9. The second-order valence-electron chi connectivity index (χ2n) is 9.56. The maximum absolute atomic E-state index is 13.4. The van der Waals surface area contributed by atoms with Crippen molar-refractivity contribution >= 4 is 32.6 Å². The molecule has 0 aliphatic rings. The number of sulfone groups is 1. The Kier molecular flexibility index (Phi) is 7.77. The van der Waals surface area contributed by atoms with E-state index in [1.54, 1.807) is 19.2 Å². The Bertz CT molecular complexity index is 1280. The molecule has 0 fully saturated rings. The van der Waals surface area contributed by atoms with Crippen molar-refractivity contribution in [2.24, 2.45) is 5.92 Å². The lowest BCUT2D eigenvalue weighted by atomic mass is 9.95. The van der Waals surface area contributed by atoms with Gasteiger partial charge >= 0.3 is 0 Å². The number of nitrogens with one attached hydrogen (secondary N) is 1. The third-order valence-electron chi connectivity index (χ3n) is 5.79. The van der Waals surface area contributed by atoms with Gasteiger partial charge in [0.2, 0.25) is 15.7 Å². The Balaban J connectivity index is 2.07. The van der Waals surface area contributed by atoms with Gasteiger partial charge in [0.15, 0.2) is 0 Å². The minimum atomic E-state index is -3.82. The first kappa shape index (κ1) is 25.8. The predicted molar refractivity (Wildman–Crippen MR) is 133 cm³/mol. The molecule has 1 atom stereocenters. The number of hydrogen-bond acceptors (Lipinski definition) is 6. The minimum Gasteiger partial charge on any atom is -0.385 e. The van der Waals surface area contributed by atoms with E-state index in [0.29, 0.717) is 18.0 Å². The highest BCUT2D eigenvalue weighted by Gasteiger charge is 2.26. The quantitative estimate of drug-likeness (QED) is 0.475. The number of pyridine rings is 1. The van der Waals surface area contributed by atoms with Crippen molar-refractivity contribution in [3.63, 3.8) is 0 Å². The summed E-state index contributed by atoms with van der Waals surface area (Å²) in [5.41, 5.74) is 1.34. The highest BCUT2D eigenvalue weighted by atomic mass is 32.2. The molecular weight excluding hydrogens is 452 g/mol. The summed E-state index contributed by atoms with van der Waals surface area (Å²) in [4.78, 5) is 20.4. The molecule has 2 aromatic heterocycles. The van der Waals surface area contributed by atoms with Crippen LogP contribution in [0.2, 0.25) is 0 Å². The summed E-state index contributed by atoms with van der Waals surface area (Å²) in [6, 6.07) is 7.87. The summed E-state index contributed by atoms with van der Waals surface area (Å²) in [7, 11) is -2.11. The highest BCUT2D eigenvalue weighted by Crippen LogP contribution is 2.31. The van der Waals surface area contributed by atoms with Gasteiger partial charge in [0, 0.05) is 38.8 Å². The predicted octanol–water partition coefficient (Wildman–Crippen LogP) is 4.58. The third-order valence-corrected chi connectivity index (χ3v) is 7.54. The van der Waals surface area contributed by atoms with E-state index in [1.807, 2.05) is 6.07 Å². The highest BCUT2D eigenvalue weighted by molar-refractivity contribution is 7.91. The van der Waals surface area contributed by atoms with Gasteiger partial charge in [-0.3, -0.25) is 4.79 Å². The van der Waals surface area contributed by atoms with Crippen molar-refractivity contribution < 1.29 is 17.9 Å². The Morgan fingerprint density at radius 1 is 1.18 bits per heavy atom. The topological polar surface area (TPSA) is 103 Å². The van der Waals surface area contributed by atoms with E-state index in [9.17, 15) is 13.2 Å². The number of rotatable bonds is 9. The SMILES string of the molecule is CCC(CCOC)Cn1c(C(C)(C)C)nc2cc(S(=O)(=O)c3ccnc(NC(C)=O)c3)ccc21.